The van der Waals surface area contributed by atoms with Crippen LogP contribution in [0.25, 0.3) is 0 Å². The molecule has 0 aliphatic carbocycles. The number of benzene rings is 3. The minimum absolute atomic E-state index is 0.153. The maximum absolute atomic E-state index is 6.23. The van der Waals surface area contributed by atoms with E-state index in [1.807, 2.05) is 24.3 Å². The van der Waals surface area contributed by atoms with Crippen LogP contribution in [-0.4, -0.2) is 52.0 Å². The van der Waals surface area contributed by atoms with Gasteiger partial charge in [0.15, 0.2) is 0 Å². The molecule has 0 bridgehead atoms. The Hall–Kier alpha value is -3.18. The third-order valence-corrected chi connectivity index (χ3v) is 7.01. The molecule has 5 heteroatoms. The Kier molecular flexibility index (Phi) is 6.91. The second-order valence-corrected chi connectivity index (χ2v) is 9.04. The van der Waals surface area contributed by atoms with Gasteiger partial charge in [-0.3, -0.25) is 4.90 Å². The lowest BCUT2D eigenvalue weighted by Gasteiger charge is -2.35. The number of nitrogens with zero attached hydrogens (tertiary/aromatic N) is 1. The molecule has 2 aliphatic rings. The average molecular weight is 460 g/mol. The fourth-order valence-electron chi connectivity index (χ4n) is 5.16. The molecule has 2 heterocycles. The Balaban J connectivity index is 1.41. The minimum atomic E-state index is 0.153. The van der Waals surface area contributed by atoms with E-state index in [0.29, 0.717) is 6.61 Å². The van der Waals surface area contributed by atoms with E-state index < -0.39 is 0 Å². The van der Waals surface area contributed by atoms with E-state index in [4.69, 9.17) is 18.9 Å². The van der Waals surface area contributed by atoms with Gasteiger partial charge in [-0.2, -0.15) is 0 Å². The fraction of sp³-hybridized carbons (Fsp3) is 0.379. The van der Waals surface area contributed by atoms with Crippen molar-refractivity contribution in [2.75, 3.05) is 47.1 Å². The van der Waals surface area contributed by atoms with Crippen molar-refractivity contribution in [2.45, 2.75) is 24.7 Å². The van der Waals surface area contributed by atoms with Crippen molar-refractivity contribution in [3.8, 4) is 23.0 Å². The first-order chi connectivity index (χ1) is 16.7. The molecule has 1 fully saturated rings. The van der Waals surface area contributed by atoms with Gasteiger partial charge in [0.1, 0.15) is 29.6 Å². The molecule has 0 amide bonds. The van der Waals surface area contributed by atoms with Crippen LogP contribution in [0.4, 0.5) is 0 Å². The Labute approximate surface area is 202 Å². The Morgan fingerprint density at radius 2 is 1.56 bits per heavy atom. The lowest BCUT2D eigenvalue weighted by molar-refractivity contribution is 0.237. The number of rotatable bonds is 8. The smallest absolute Gasteiger partial charge is 0.126 e. The van der Waals surface area contributed by atoms with Crippen LogP contribution in [0.2, 0.25) is 0 Å². The second-order valence-electron chi connectivity index (χ2n) is 9.04. The van der Waals surface area contributed by atoms with Gasteiger partial charge in [0.2, 0.25) is 0 Å². The molecule has 1 saturated heterocycles. The number of fused-ring (bicyclic) bond motifs is 1. The molecule has 0 saturated carbocycles. The summed E-state index contributed by atoms with van der Waals surface area (Å²) in [7, 11) is 3.39. The summed E-state index contributed by atoms with van der Waals surface area (Å²) in [6, 6.07) is 23.0. The van der Waals surface area contributed by atoms with Crippen LogP contribution in [0, 0.1) is 0 Å². The van der Waals surface area contributed by atoms with E-state index in [2.05, 4.69) is 47.4 Å². The van der Waals surface area contributed by atoms with Gasteiger partial charge in [-0.1, -0.05) is 30.3 Å². The molecule has 5 rings (SSSR count). The SMILES string of the molecule is COc1cccc([C@H]2COc3cc(OC)ccc3[C@H]2c2ccc(OCCN3CCCC3)cc2)c1. The zero-order valence-corrected chi connectivity index (χ0v) is 20.0. The van der Waals surface area contributed by atoms with Crippen LogP contribution in [0.3, 0.4) is 0 Å². The highest BCUT2D eigenvalue weighted by molar-refractivity contribution is 5.51. The molecule has 178 valence electrons. The summed E-state index contributed by atoms with van der Waals surface area (Å²) < 4.78 is 23.2. The lowest BCUT2D eigenvalue weighted by Crippen LogP contribution is -2.25. The van der Waals surface area contributed by atoms with Crippen LogP contribution in [0.5, 0.6) is 23.0 Å². The first kappa shape index (κ1) is 22.6. The van der Waals surface area contributed by atoms with Crippen molar-refractivity contribution in [1.82, 2.24) is 4.90 Å². The van der Waals surface area contributed by atoms with E-state index in [1.54, 1.807) is 14.2 Å². The predicted molar refractivity (Wildman–Crippen MR) is 134 cm³/mol. The van der Waals surface area contributed by atoms with Gasteiger partial charge in [0.05, 0.1) is 20.8 Å². The molecule has 3 aromatic rings. The highest BCUT2D eigenvalue weighted by Gasteiger charge is 2.34. The minimum Gasteiger partial charge on any atom is -0.497 e. The Bertz CT molecular complexity index is 1090. The van der Waals surface area contributed by atoms with Crippen molar-refractivity contribution in [3.63, 3.8) is 0 Å². The van der Waals surface area contributed by atoms with E-state index >= 15 is 0 Å². The predicted octanol–water partition coefficient (Wildman–Crippen LogP) is 5.49. The van der Waals surface area contributed by atoms with Gasteiger partial charge < -0.3 is 18.9 Å². The van der Waals surface area contributed by atoms with Crippen LogP contribution in [-0.2, 0) is 0 Å². The summed E-state index contributed by atoms with van der Waals surface area (Å²) in [5.74, 6) is 3.79. The normalized spacial score (nSPS) is 19.8. The fourth-order valence-corrected chi connectivity index (χ4v) is 5.16. The quantitative estimate of drug-likeness (QED) is 0.446. The van der Waals surface area contributed by atoms with Crippen molar-refractivity contribution < 1.29 is 18.9 Å². The summed E-state index contributed by atoms with van der Waals surface area (Å²) in [5, 5.41) is 0. The van der Waals surface area contributed by atoms with E-state index in [9.17, 15) is 0 Å². The summed E-state index contributed by atoms with van der Waals surface area (Å²) in [6.07, 6.45) is 2.61. The van der Waals surface area contributed by atoms with Gasteiger partial charge in [-0.05, 0) is 67.4 Å². The lowest BCUT2D eigenvalue weighted by atomic mass is 9.76. The Morgan fingerprint density at radius 1 is 0.824 bits per heavy atom. The van der Waals surface area contributed by atoms with Crippen LogP contribution in [0.1, 0.15) is 41.4 Å². The summed E-state index contributed by atoms with van der Waals surface area (Å²) in [5.41, 5.74) is 3.62. The molecule has 3 aromatic carbocycles. The van der Waals surface area contributed by atoms with E-state index in [-0.39, 0.29) is 11.8 Å². The third-order valence-electron chi connectivity index (χ3n) is 7.01. The maximum atomic E-state index is 6.23. The second kappa shape index (κ2) is 10.4. The van der Waals surface area contributed by atoms with E-state index in [1.165, 1.54) is 42.6 Å². The molecule has 0 spiro atoms. The number of hydrogen-bond donors (Lipinski definition) is 0. The highest BCUT2D eigenvalue weighted by Crippen LogP contribution is 2.47. The Morgan fingerprint density at radius 3 is 2.32 bits per heavy atom. The summed E-state index contributed by atoms with van der Waals surface area (Å²) >= 11 is 0. The van der Waals surface area contributed by atoms with Crippen molar-refractivity contribution in [2.24, 2.45) is 0 Å². The first-order valence-corrected chi connectivity index (χ1v) is 12.1. The summed E-state index contributed by atoms with van der Waals surface area (Å²) in [4.78, 5) is 2.47. The molecule has 34 heavy (non-hydrogen) atoms. The number of methoxy groups -OCH3 is 2. The molecule has 0 aromatic heterocycles. The molecular formula is C29H33NO4. The first-order valence-electron chi connectivity index (χ1n) is 12.1. The molecule has 0 N–H and O–H groups in total. The largest absolute Gasteiger partial charge is 0.497 e. The summed E-state index contributed by atoms with van der Waals surface area (Å²) in [6.45, 7) is 4.70. The molecule has 0 radical (unpaired) electrons. The maximum Gasteiger partial charge on any atom is 0.126 e. The van der Waals surface area contributed by atoms with Gasteiger partial charge in [0.25, 0.3) is 0 Å². The average Bonchev–Trinajstić information content (AvgIpc) is 3.42. The zero-order chi connectivity index (χ0) is 23.3. The van der Waals surface area contributed by atoms with Gasteiger partial charge in [-0.15, -0.1) is 0 Å². The van der Waals surface area contributed by atoms with Gasteiger partial charge in [-0.25, -0.2) is 0 Å². The van der Waals surface area contributed by atoms with Gasteiger partial charge >= 0.3 is 0 Å². The van der Waals surface area contributed by atoms with Crippen molar-refractivity contribution in [1.29, 1.82) is 0 Å². The zero-order valence-electron chi connectivity index (χ0n) is 20.0. The topological polar surface area (TPSA) is 40.2 Å². The number of ether oxygens (including phenoxy) is 4. The van der Waals surface area contributed by atoms with Gasteiger partial charge in [0, 0.05) is 30.0 Å². The monoisotopic (exact) mass is 459 g/mol. The molecular weight excluding hydrogens is 426 g/mol. The van der Waals surface area contributed by atoms with Crippen LogP contribution < -0.4 is 18.9 Å². The van der Waals surface area contributed by atoms with Crippen LogP contribution >= 0.6 is 0 Å². The molecule has 0 unspecified atom stereocenters. The number of hydrogen-bond acceptors (Lipinski definition) is 5. The third kappa shape index (κ3) is 4.85. The number of likely N-dealkylation sites (tertiary alicyclic amines) is 1. The highest BCUT2D eigenvalue weighted by atomic mass is 16.5. The molecule has 2 atom stereocenters. The van der Waals surface area contributed by atoms with Crippen LogP contribution in [0.15, 0.2) is 66.7 Å². The standard InChI is InChI=1S/C29H33NO4/c1-31-24-7-5-6-22(18-24)27-20-34-28-19-25(32-2)12-13-26(28)29(27)21-8-10-23(11-9-21)33-17-16-30-14-3-4-15-30/h5-13,18-19,27,29H,3-4,14-17,20H2,1-2H3/t27-,29-/m1/s1. The molecule has 5 nitrogen and oxygen atoms in total. The van der Waals surface area contributed by atoms with E-state index in [0.717, 1.165) is 36.1 Å². The van der Waals surface area contributed by atoms with Crippen molar-refractivity contribution in [3.05, 3.63) is 83.4 Å². The molecule has 2 aliphatic heterocycles. The van der Waals surface area contributed by atoms with Crippen molar-refractivity contribution >= 4 is 0 Å².